The molecular weight excluding hydrogens is 212 g/mol. The third-order valence-corrected chi connectivity index (χ3v) is 5.61. The SMILES string of the molecule is CC(C)(O)[C@H]1CC[C@]2(C)CCC[C@](C)(O)C2C1. The number of hydrogen-bond donors (Lipinski definition) is 2. The molecule has 100 valence electrons. The molecule has 4 atom stereocenters. The summed E-state index contributed by atoms with van der Waals surface area (Å²) in [4.78, 5) is 0. The number of aliphatic hydroxyl groups is 2. The van der Waals surface area contributed by atoms with Gasteiger partial charge in [0, 0.05) is 0 Å². The van der Waals surface area contributed by atoms with Gasteiger partial charge < -0.3 is 10.2 Å². The van der Waals surface area contributed by atoms with E-state index < -0.39 is 11.2 Å². The van der Waals surface area contributed by atoms with Gasteiger partial charge in [-0.1, -0.05) is 13.3 Å². The summed E-state index contributed by atoms with van der Waals surface area (Å²) >= 11 is 0. The monoisotopic (exact) mass is 240 g/mol. The van der Waals surface area contributed by atoms with Crippen molar-refractivity contribution in [2.24, 2.45) is 17.3 Å². The molecule has 0 saturated heterocycles. The summed E-state index contributed by atoms with van der Waals surface area (Å²) in [6, 6.07) is 0. The molecule has 0 amide bonds. The lowest BCUT2D eigenvalue weighted by molar-refractivity contribution is -0.143. The van der Waals surface area contributed by atoms with E-state index in [9.17, 15) is 10.2 Å². The first-order valence-corrected chi connectivity index (χ1v) is 7.10. The Hall–Kier alpha value is -0.0800. The molecule has 0 radical (unpaired) electrons. The Morgan fingerprint density at radius 3 is 2.35 bits per heavy atom. The molecule has 0 spiro atoms. The normalized spacial score (nSPS) is 47.6. The predicted octanol–water partition coefficient (Wildman–Crippen LogP) is 3.11. The Morgan fingerprint density at radius 1 is 1.12 bits per heavy atom. The zero-order valence-electron chi connectivity index (χ0n) is 11.8. The molecular formula is C15H28O2. The first-order chi connectivity index (χ1) is 7.65. The maximum atomic E-state index is 10.6. The minimum atomic E-state index is -0.602. The summed E-state index contributed by atoms with van der Waals surface area (Å²) in [5, 5.41) is 20.8. The zero-order chi connectivity index (χ0) is 12.9. The molecule has 0 bridgehead atoms. The molecule has 2 N–H and O–H groups in total. The van der Waals surface area contributed by atoms with Gasteiger partial charge in [-0.25, -0.2) is 0 Å². The van der Waals surface area contributed by atoms with E-state index in [0.29, 0.717) is 17.3 Å². The van der Waals surface area contributed by atoms with E-state index in [2.05, 4.69) is 6.92 Å². The minimum Gasteiger partial charge on any atom is -0.390 e. The zero-order valence-corrected chi connectivity index (χ0v) is 11.8. The highest BCUT2D eigenvalue weighted by Gasteiger charge is 2.52. The molecule has 1 unspecified atom stereocenters. The second-order valence-corrected chi connectivity index (χ2v) is 7.54. The average Bonchev–Trinajstić information content (AvgIpc) is 2.14. The fourth-order valence-electron chi connectivity index (χ4n) is 4.33. The highest BCUT2D eigenvalue weighted by Crippen LogP contribution is 2.56. The lowest BCUT2D eigenvalue weighted by Gasteiger charge is -2.55. The van der Waals surface area contributed by atoms with Crippen LogP contribution in [0.25, 0.3) is 0 Å². The first kappa shape index (κ1) is 13.4. The van der Waals surface area contributed by atoms with E-state index in [4.69, 9.17) is 0 Å². The van der Waals surface area contributed by atoms with E-state index in [0.717, 1.165) is 32.1 Å². The van der Waals surface area contributed by atoms with Gasteiger partial charge in [0.25, 0.3) is 0 Å². The van der Waals surface area contributed by atoms with Gasteiger partial charge in [0.15, 0.2) is 0 Å². The second-order valence-electron chi connectivity index (χ2n) is 7.54. The maximum Gasteiger partial charge on any atom is 0.0653 e. The topological polar surface area (TPSA) is 40.5 Å². The largest absolute Gasteiger partial charge is 0.390 e. The van der Waals surface area contributed by atoms with E-state index in [1.807, 2.05) is 20.8 Å². The summed E-state index contributed by atoms with van der Waals surface area (Å²) in [7, 11) is 0. The predicted molar refractivity (Wildman–Crippen MR) is 69.7 cm³/mol. The Kier molecular flexibility index (Phi) is 3.11. The van der Waals surface area contributed by atoms with Crippen LogP contribution in [0, 0.1) is 17.3 Å². The van der Waals surface area contributed by atoms with Crippen molar-refractivity contribution in [2.45, 2.75) is 77.4 Å². The third kappa shape index (κ3) is 2.39. The Morgan fingerprint density at radius 2 is 1.76 bits per heavy atom. The third-order valence-electron chi connectivity index (χ3n) is 5.61. The van der Waals surface area contributed by atoms with Crippen LogP contribution in [0.2, 0.25) is 0 Å². The lowest BCUT2D eigenvalue weighted by Crippen LogP contribution is -2.53. The fraction of sp³-hybridized carbons (Fsp3) is 1.00. The Bertz CT molecular complexity index is 290. The van der Waals surface area contributed by atoms with Gasteiger partial charge in [-0.05, 0) is 70.1 Å². The van der Waals surface area contributed by atoms with E-state index in [1.54, 1.807) is 0 Å². The number of fused-ring (bicyclic) bond motifs is 1. The molecule has 0 heterocycles. The smallest absolute Gasteiger partial charge is 0.0653 e. The lowest BCUT2D eigenvalue weighted by atomic mass is 9.52. The van der Waals surface area contributed by atoms with Crippen molar-refractivity contribution in [3.63, 3.8) is 0 Å². The molecule has 2 aliphatic carbocycles. The standard InChI is InChI=1S/C15H28O2/c1-13(2,16)11-6-9-14(3)7-5-8-15(4,17)12(14)10-11/h11-12,16-17H,5-10H2,1-4H3/t11-,12?,14-,15-/m0/s1. The first-order valence-electron chi connectivity index (χ1n) is 7.10. The van der Waals surface area contributed by atoms with Crippen LogP contribution in [0.1, 0.15) is 66.2 Å². The summed E-state index contributed by atoms with van der Waals surface area (Å²) in [6.07, 6.45) is 6.55. The van der Waals surface area contributed by atoms with Crippen LogP contribution in [0.5, 0.6) is 0 Å². The second kappa shape index (κ2) is 3.96. The van der Waals surface area contributed by atoms with E-state index in [1.165, 1.54) is 6.42 Å². The molecule has 0 aromatic heterocycles. The quantitative estimate of drug-likeness (QED) is 0.739. The van der Waals surface area contributed by atoms with Crippen LogP contribution in [0.15, 0.2) is 0 Å². The molecule has 0 aromatic carbocycles. The van der Waals surface area contributed by atoms with Gasteiger partial charge in [-0.15, -0.1) is 0 Å². The molecule has 2 fully saturated rings. The van der Waals surface area contributed by atoms with Crippen LogP contribution in [0.3, 0.4) is 0 Å². The van der Waals surface area contributed by atoms with Gasteiger partial charge in [0.1, 0.15) is 0 Å². The van der Waals surface area contributed by atoms with Crippen molar-refractivity contribution in [2.75, 3.05) is 0 Å². The fourth-order valence-corrected chi connectivity index (χ4v) is 4.33. The average molecular weight is 240 g/mol. The van der Waals surface area contributed by atoms with Gasteiger partial charge in [0.05, 0.1) is 11.2 Å². The van der Waals surface area contributed by atoms with Gasteiger partial charge in [-0.2, -0.15) is 0 Å². The highest BCUT2D eigenvalue weighted by atomic mass is 16.3. The summed E-state index contributed by atoms with van der Waals surface area (Å²) < 4.78 is 0. The van der Waals surface area contributed by atoms with Crippen molar-refractivity contribution >= 4 is 0 Å². The molecule has 0 aliphatic heterocycles. The summed E-state index contributed by atoms with van der Waals surface area (Å²) in [5.74, 6) is 0.694. The van der Waals surface area contributed by atoms with Crippen LogP contribution in [-0.4, -0.2) is 21.4 Å². The number of hydrogen-bond acceptors (Lipinski definition) is 2. The van der Waals surface area contributed by atoms with E-state index in [-0.39, 0.29) is 0 Å². The molecule has 17 heavy (non-hydrogen) atoms. The molecule has 2 heteroatoms. The van der Waals surface area contributed by atoms with E-state index >= 15 is 0 Å². The molecule has 2 nitrogen and oxygen atoms in total. The van der Waals surface area contributed by atoms with Crippen molar-refractivity contribution in [3.05, 3.63) is 0 Å². The molecule has 2 saturated carbocycles. The van der Waals surface area contributed by atoms with Crippen LogP contribution in [0.4, 0.5) is 0 Å². The van der Waals surface area contributed by atoms with Gasteiger partial charge in [-0.3, -0.25) is 0 Å². The summed E-state index contributed by atoms with van der Waals surface area (Å²) in [6.45, 7) is 8.17. The van der Waals surface area contributed by atoms with Crippen molar-refractivity contribution in [3.8, 4) is 0 Å². The van der Waals surface area contributed by atoms with Crippen LogP contribution >= 0.6 is 0 Å². The molecule has 2 rings (SSSR count). The van der Waals surface area contributed by atoms with Crippen molar-refractivity contribution in [1.82, 2.24) is 0 Å². The molecule has 2 aliphatic rings. The summed E-state index contributed by atoms with van der Waals surface area (Å²) in [5.41, 5.74) is -0.838. The molecule has 0 aromatic rings. The maximum absolute atomic E-state index is 10.6. The Balaban J connectivity index is 2.20. The highest BCUT2D eigenvalue weighted by molar-refractivity contribution is 5.03. The van der Waals surface area contributed by atoms with Crippen molar-refractivity contribution in [1.29, 1.82) is 0 Å². The minimum absolute atomic E-state index is 0.295. The number of rotatable bonds is 1. The van der Waals surface area contributed by atoms with Crippen LogP contribution in [-0.2, 0) is 0 Å². The van der Waals surface area contributed by atoms with Gasteiger partial charge in [0.2, 0.25) is 0 Å². The Labute approximate surface area is 105 Å². The van der Waals surface area contributed by atoms with Crippen molar-refractivity contribution < 1.29 is 10.2 Å². The van der Waals surface area contributed by atoms with Crippen LogP contribution < -0.4 is 0 Å². The van der Waals surface area contributed by atoms with Gasteiger partial charge >= 0.3 is 0 Å².